The molecule has 2 aromatic rings. The Bertz CT molecular complexity index is 586. The summed E-state index contributed by atoms with van der Waals surface area (Å²) in [5.74, 6) is 1.65. The van der Waals surface area contributed by atoms with Crippen LogP contribution in [0.1, 0.15) is 23.6 Å². The highest BCUT2D eigenvalue weighted by Crippen LogP contribution is 2.39. The SMILES string of the molecule is CNC(c1ccsc1)c1cc2c(cc1Br)OCCCO2. The molecule has 0 aliphatic carbocycles. The van der Waals surface area contributed by atoms with Gasteiger partial charge in [-0.25, -0.2) is 0 Å². The number of nitrogens with one attached hydrogen (secondary N) is 1. The summed E-state index contributed by atoms with van der Waals surface area (Å²) in [6.45, 7) is 1.41. The van der Waals surface area contributed by atoms with Crippen LogP contribution in [0.2, 0.25) is 0 Å². The Kier molecular flexibility index (Phi) is 4.29. The van der Waals surface area contributed by atoms with Crippen molar-refractivity contribution in [2.24, 2.45) is 0 Å². The average Bonchev–Trinajstić information content (AvgIpc) is 2.87. The molecule has 0 radical (unpaired) electrons. The number of hydrogen-bond donors (Lipinski definition) is 1. The van der Waals surface area contributed by atoms with Crippen LogP contribution >= 0.6 is 27.3 Å². The maximum Gasteiger partial charge on any atom is 0.162 e. The number of rotatable bonds is 3. The fourth-order valence-corrected chi connectivity index (χ4v) is 3.60. The van der Waals surface area contributed by atoms with Crippen LogP contribution in [0.25, 0.3) is 0 Å². The van der Waals surface area contributed by atoms with E-state index in [0.29, 0.717) is 13.2 Å². The first-order valence-corrected chi connectivity index (χ1v) is 8.31. The zero-order valence-corrected chi connectivity index (χ0v) is 13.6. The van der Waals surface area contributed by atoms with E-state index >= 15 is 0 Å². The topological polar surface area (TPSA) is 30.5 Å². The van der Waals surface area contributed by atoms with E-state index in [0.717, 1.165) is 28.0 Å². The summed E-state index contributed by atoms with van der Waals surface area (Å²) >= 11 is 5.36. The van der Waals surface area contributed by atoms with Crippen molar-refractivity contribution in [3.8, 4) is 11.5 Å². The second-order valence-corrected chi connectivity index (χ2v) is 6.28. The predicted molar refractivity (Wildman–Crippen MR) is 85.0 cm³/mol. The van der Waals surface area contributed by atoms with Gasteiger partial charge in [-0.3, -0.25) is 0 Å². The maximum atomic E-state index is 5.79. The molecule has 1 unspecified atom stereocenters. The third-order valence-corrected chi connectivity index (χ3v) is 4.73. The summed E-state index contributed by atoms with van der Waals surface area (Å²) in [7, 11) is 1.97. The lowest BCUT2D eigenvalue weighted by Crippen LogP contribution is -2.17. The summed E-state index contributed by atoms with van der Waals surface area (Å²) in [5, 5.41) is 7.62. The fraction of sp³-hybridized carbons (Fsp3) is 0.333. The number of fused-ring (bicyclic) bond motifs is 1. The Morgan fingerprint density at radius 1 is 1.25 bits per heavy atom. The van der Waals surface area contributed by atoms with Crippen LogP contribution in [-0.4, -0.2) is 20.3 Å². The van der Waals surface area contributed by atoms with Gasteiger partial charge in [-0.2, -0.15) is 11.3 Å². The molecule has 0 saturated heterocycles. The Labute approximate surface area is 131 Å². The van der Waals surface area contributed by atoms with Crippen molar-refractivity contribution in [2.45, 2.75) is 12.5 Å². The molecular weight excluding hydrogens is 338 g/mol. The zero-order valence-electron chi connectivity index (χ0n) is 11.2. The molecule has 3 nitrogen and oxygen atoms in total. The molecule has 0 saturated carbocycles. The van der Waals surface area contributed by atoms with Crippen molar-refractivity contribution < 1.29 is 9.47 Å². The minimum atomic E-state index is 0.146. The zero-order chi connectivity index (χ0) is 13.9. The van der Waals surface area contributed by atoms with Gasteiger partial charge in [0.15, 0.2) is 11.5 Å². The molecule has 1 N–H and O–H groups in total. The molecule has 1 aromatic carbocycles. The molecule has 1 atom stereocenters. The van der Waals surface area contributed by atoms with Gasteiger partial charge in [0.1, 0.15) is 0 Å². The van der Waals surface area contributed by atoms with Crippen molar-refractivity contribution in [3.05, 3.63) is 44.6 Å². The average molecular weight is 354 g/mol. The maximum absolute atomic E-state index is 5.79. The first-order valence-electron chi connectivity index (χ1n) is 6.58. The molecule has 2 heterocycles. The minimum absolute atomic E-state index is 0.146. The van der Waals surface area contributed by atoms with Crippen LogP contribution in [0.3, 0.4) is 0 Å². The number of thiophene rings is 1. The summed E-state index contributed by atoms with van der Waals surface area (Å²) in [4.78, 5) is 0. The van der Waals surface area contributed by atoms with Crippen molar-refractivity contribution in [3.63, 3.8) is 0 Å². The molecule has 0 fully saturated rings. The van der Waals surface area contributed by atoms with Crippen LogP contribution in [0.5, 0.6) is 11.5 Å². The van der Waals surface area contributed by atoms with Crippen molar-refractivity contribution in [1.29, 1.82) is 0 Å². The number of ether oxygens (including phenoxy) is 2. The second kappa shape index (κ2) is 6.16. The molecular formula is C15H16BrNO2S. The summed E-state index contributed by atoms with van der Waals surface area (Å²) in [6, 6.07) is 6.37. The van der Waals surface area contributed by atoms with E-state index in [4.69, 9.17) is 9.47 Å². The number of halogens is 1. The van der Waals surface area contributed by atoms with Crippen molar-refractivity contribution in [1.82, 2.24) is 5.32 Å². The molecule has 1 aliphatic heterocycles. The van der Waals surface area contributed by atoms with Crippen LogP contribution in [0.4, 0.5) is 0 Å². The quantitative estimate of drug-likeness (QED) is 0.905. The van der Waals surface area contributed by atoms with E-state index in [2.05, 4.69) is 44.1 Å². The molecule has 1 aliphatic rings. The fourth-order valence-electron chi connectivity index (χ4n) is 2.36. The van der Waals surface area contributed by atoms with E-state index in [1.807, 2.05) is 13.1 Å². The van der Waals surface area contributed by atoms with E-state index in [9.17, 15) is 0 Å². The molecule has 20 heavy (non-hydrogen) atoms. The normalized spacial score (nSPS) is 15.7. The van der Waals surface area contributed by atoms with Crippen LogP contribution in [-0.2, 0) is 0 Å². The Balaban J connectivity index is 2.02. The van der Waals surface area contributed by atoms with Gasteiger partial charge in [-0.15, -0.1) is 0 Å². The lowest BCUT2D eigenvalue weighted by molar-refractivity contribution is 0.297. The lowest BCUT2D eigenvalue weighted by Gasteiger charge is -2.19. The molecule has 5 heteroatoms. The summed E-state index contributed by atoms with van der Waals surface area (Å²) in [5.41, 5.74) is 2.42. The Morgan fingerprint density at radius 2 is 2.00 bits per heavy atom. The molecule has 1 aromatic heterocycles. The van der Waals surface area contributed by atoms with Gasteiger partial charge in [0.05, 0.1) is 19.3 Å². The molecule has 0 bridgehead atoms. The Morgan fingerprint density at radius 3 is 2.65 bits per heavy atom. The standard InChI is InChI=1S/C15H16BrNO2S/c1-17-15(10-3-6-20-9-10)11-7-13-14(8-12(11)16)19-5-2-4-18-13/h3,6-9,15,17H,2,4-5H2,1H3. The largest absolute Gasteiger partial charge is 0.490 e. The van der Waals surface area contributed by atoms with Gasteiger partial charge in [-0.05, 0) is 47.1 Å². The van der Waals surface area contributed by atoms with Gasteiger partial charge < -0.3 is 14.8 Å². The van der Waals surface area contributed by atoms with Gasteiger partial charge in [-0.1, -0.05) is 15.9 Å². The first kappa shape index (κ1) is 13.9. The van der Waals surface area contributed by atoms with Crippen LogP contribution in [0.15, 0.2) is 33.4 Å². The number of hydrogen-bond acceptors (Lipinski definition) is 4. The van der Waals surface area contributed by atoms with Gasteiger partial charge in [0.2, 0.25) is 0 Å². The predicted octanol–water partition coefficient (Wildman–Crippen LogP) is 3.98. The van der Waals surface area contributed by atoms with Gasteiger partial charge in [0, 0.05) is 10.9 Å². The highest BCUT2D eigenvalue weighted by Gasteiger charge is 2.20. The highest BCUT2D eigenvalue weighted by molar-refractivity contribution is 9.10. The van der Waals surface area contributed by atoms with Gasteiger partial charge >= 0.3 is 0 Å². The minimum Gasteiger partial charge on any atom is -0.490 e. The van der Waals surface area contributed by atoms with Gasteiger partial charge in [0.25, 0.3) is 0 Å². The van der Waals surface area contributed by atoms with Crippen LogP contribution in [0, 0.1) is 0 Å². The third-order valence-electron chi connectivity index (χ3n) is 3.34. The molecule has 0 spiro atoms. The molecule has 106 valence electrons. The first-order chi connectivity index (χ1) is 9.79. The molecule has 3 rings (SSSR count). The third kappa shape index (κ3) is 2.71. The Hall–Kier alpha value is -1.04. The van der Waals surface area contributed by atoms with E-state index in [1.165, 1.54) is 5.56 Å². The van der Waals surface area contributed by atoms with E-state index in [-0.39, 0.29) is 6.04 Å². The lowest BCUT2D eigenvalue weighted by atomic mass is 10.0. The van der Waals surface area contributed by atoms with Crippen LogP contribution < -0.4 is 14.8 Å². The smallest absolute Gasteiger partial charge is 0.162 e. The second-order valence-electron chi connectivity index (χ2n) is 4.65. The monoisotopic (exact) mass is 353 g/mol. The highest BCUT2D eigenvalue weighted by atomic mass is 79.9. The number of benzene rings is 1. The van der Waals surface area contributed by atoms with Crippen molar-refractivity contribution >= 4 is 27.3 Å². The summed E-state index contributed by atoms with van der Waals surface area (Å²) < 4.78 is 12.5. The van der Waals surface area contributed by atoms with E-state index < -0.39 is 0 Å². The summed E-state index contributed by atoms with van der Waals surface area (Å²) in [6.07, 6.45) is 0.918. The van der Waals surface area contributed by atoms with E-state index in [1.54, 1.807) is 11.3 Å². The van der Waals surface area contributed by atoms with Crippen molar-refractivity contribution in [2.75, 3.05) is 20.3 Å². The molecule has 0 amide bonds.